The number of amides is 3. The molecule has 2 saturated heterocycles. The smallest absolute Gasteiger partial charge is 0.254 e. The molecule has 0 radical (unpaired) electrons. The van der Waals surface area contributed by atoms with Crippen molar-refractivity contribution in [3.63, 3.8) is 0 Å². The third-order valence-electron chi connectivity index (χ3n) is 5.47. The number of ether oxygens (including phenoxy) is 1. The zero-order chi connectivity index (χ0) is 21.0. The fourth-order valence-electron chi connectivity index (χ4n) is 3.98. The van der Waals surface area contributed by atoms with Gasteiger partial charge in [-0.15, -0.1) is 0 Å². The highest BCUT2D eigenvalue weighted by Crippen LogP contribution is 2.21. The molecule has 7 nitrogen and oxygen atoms in total. The molecule has 1 N–H and O–H groups in total. The first kappa shape index (κ1) is 21.3. The van der Waals surface area contributed by atoms with E-state index in [-0.39, 0.29) is 42.3 Å². The van der Waals surface area contributed by atoms with Gasteiger partial charge in [-0.1, -0.05) is 13.3 Å². The molecule has 0 aromatic heterocycles. The molecule has 3 unspecified atom stereocenters. The van der Waals surface area contributed by atoms with E-state index in [1.54, 1.807) is 34.1 Å². The Balaban J connectivity index is 1.56. The van der Waals surface area contributed by atoms with Gasteiger partial charge >= 0.3 is 0 Å². The molecule has 0 aliphatic carbocycles. The Labute approximate surface area is 172 Å². The van der Waals surface area contributed by atoms with Crippen molar-refractivity contribution in [3.05, 3.63) is 29.8 Å². The quantitative estimate of drug-likeness (QED) is 0.794. The molecular weight excluding hydrogens is 370 g/mol. The van der Waals surface area contributed by atoms with Crippen LogP contribution in [0.15, 0.2) is 24.3 Å². The molecule has 0 saturated carbocycles. The van der Waals surface area contributed by atoms with Crippen LogP contribution in [0.1, 0.15) is 50.4 Å². The molecule has 3 rings (SSSR count). The normalized spacial score (nSPS) is 24.7. The Kier molecular flexibility index (Phi) is 6.90. The molecule has 1 aromatic carbocycles. The van der Waals surface area contributed by atoms with Gasteiger partial charge in [-0.25, -0.2) is 0 Å². The maximum absolute atomic E-state index is 12.7. The van der Waals surface area contributed by atoms with Gasteiger partial charge in [0, 0.05) is 43.9 Å². The van der Waals surface area contributed by atoms with Gasteiger partial charge in [-0.2, -0.15) is 0 Å². The molecule has 158 valence electrons. The molecule has 2 aliphatic heterocycles. The minimum absolute atomic E-state index is 0.0206. The second-order valence-electron chi connectivity index (χ2n) is 8.13. The molecule has 2 heterocycles. The van der Waals surface area contributed by atoms with Gasteiger partial charge in [0.05, 0.1) is 18.1 Å². The maximum Gasteiger partial charge on any atom is 0.254 e. The first-order valence-electron chi connectivity index (χ1n) is 10.5. The summed E-state index contributed by atoms with van der Waals surface area (Å²) < 4.78 is 5.68. The van der Waals surface area contributed by atoms with Crippen molar-refractivity contribution in [2.75, 3.05) is 31.5 Å². The summed E-state index contributed by atoms with van der Waals surface area (Å²) in [5.74, 6) is -0.449. The topological polar surface area (TPSA) is 79.0 Å². The van der Waals surface area contributed by atoms with Gasteiger partial charge in [-0.05, 0) is 44.5 Å². The van der Waals surface area contributed by atoms with Crippen molar-refractivity contribution >= 4 is 23.4 Å². The summed E-state index contributed by atoms with van der Waals surface area (Å²) in [6.45, 7) is 8.36. The van der Waals surface area contributed by atoms with Crippen LogP contribution in [0.5, 0.6) is 0 Å². The maximum atomic E-state index is 12.7. The van der Waals surface area contributed by atoms with Crippen LogP contribution in [0.2, 0.25) is 0 Å². The molecule has 2 fully saturated rings. The van der Waals surface area contributed by atoms with E-state index in [1.165, 1.54) is 0 Å². The minimum atomic E-state index is -0.322. The molecule has 0 bridgehead atoms. The Morgan fingerprint density at radius 3 is 2.38 bits per heavy atom. The number of hydrogen-bond acceptors (Lipinski definition) is 4. The van der Waals surface area contributed by atoms with Crippen LogP contribution >= 0.6 is 0 Å². The molecule has 3 atom stereocenters. The van der Waals surface area contributed by atoms with E-state index < -0.39 is 0 Å². The van der Waals surface area contributed by atoms with Crippen LogP contribution in [0.25, 0.3) is 0 Å². The Morgan fingerprint density at radius 2 is 1.76 bits per heavy atom. The van der Waals surface area contributed by atoms with Crippen LogP contribution in [-0.4, -0.2) is 65.9 Å². The van der Waals surface area contributed by atoms with Gasteiger partial charge < -0.3 is 19.9 Å². The predicted molar refractivity (Wildman–Crippen MR) is 111 cm³/mol. The first-order valence-corrected chi connectivity index (χ1v) is 10.5. The lowest BCUT2D eigenvalue weighted by Crippen LogP contribution is -2.48. The number of likely N-dealkylation sites (tertiary alicyclic amines) is 1. The van der Waals surface area contributed by atoms with E-state index in [1.807, 2.05) is 13.8 Å². The van der Waals surface area contributed by atoms with E-state index in [9.17, 15) is 14.4 Å². The van der Waals surface area contributed by atoms with Gasteiger partial charge in [0.15, 0.2) is 0 Å². The van der Waals surface area contributed by atoms with E-state index in [0.29, 0.717) is 37.4 Å². The molecule has 2 aliphatic rings. The van der Waals surface area contributed by atoms with Crippen molar-refractivity contribution in [3.8, 4) is 0 Å². The fraction of sp³-hybridized carbons (Fsp3) is 0.591. The molecule has 3 amide bonds. The van der Waals surface area contributed by atoms with Crippen LogP contribution in [0.3, 0.4) is 0 Å². The highest BCUT2D eigenvalue weighted by molar-refractivity contribution is 5.98. The van der Waals surface area contributed by atoms with Crippen LogP contribution in [-0.2, 0) is 14.3 Å². The van der Waals surface area contributed by atoms with Gasteiger partial charge in [0.25, 0.3) is 5.91 Å². The summed E-state index contributed by atoms with van der Waals surface area (Å²) in [6.07, 6.45) is 2.28. The lowest BCUT2D eigenvalue weighted by atomic mass is 10.1. The standard InChI is InChI=1S/C22H31N3O4/c1-4-5-10-24-14-18(11-20(24)26)21(27)23-19-8-6-17(7-9-19)22(28)25-12-15(2)29-16(3)13-25/h6-9,15-16,18H,4-5,10-14H2,1-3H3,(H,23,27). The van der Waals surface area contributed by atoms with E-state index in [4.69, 9.17) is 4.74 Å². The zero-order valence-electron chi connectivity index (χ0n) is 17.5. The number of nitrogens with zero attached hydrogens (tertiary/aromatic N) is 2. The number of nitrogens with one attached hydrogen (secondary N) is 1. The number of carbonyl (C=O) groups is 3. The van der Waals surface area contributed by atoms with E-state index in [0.717, 1.165) is 12.8 Å². The third kappa shape index (κ3) is 5.35. The number of rotatable bonds is 6. The van der Waals surface area contributed by atoms with Crippen molar-refractivity contribution in [1.29, 1.82) is 0 Å². The van der Waals surface area contributed by atoms with Crippen molar-refractivity contribution in [1.82, 2.24) is 9.80 Å². The monoisotopic (exact) mass is 401 g/mol. The summed E-state index contributed by atoms with van der Waals surface area (Å²) >= 11 is 0. The second kappa shape index (κ2) is 9.39. The lowest BCUT2D eigenvalue weighted by molar-refractivity contribution is -0.128. The van der Waals surface area contributed by atoms with Crippen LogP contribution in [0.4, 0.5) is 5.69 Å². The van der Waals surface area contributed by atoms with Gasteiger partial charge in [0.1, 0.15) is 0 Å². The van der Waals surface area contributed by atoms with E-state index >= 15 is 0 Å². The number of hydrogen-bond donors (Lipinski definition) is 1. The number of carbonyl (C=O) groups excluding carboxylic acids is 3. The van der Waals surface area contributed by atoms with Gasteiger partial charge in [-0.3, -0.25) is 14.4 Å². The molecule has 7 heteroatoms. The van der Waals surface area contributed by atoms with Crippen LogP contribution in [0, 0.1) is 5.92 Å². The number of benzene rings is 1. The third-order valence-corrected chi connectivity index (χ3v) is 5.47. The predicted octanol–water partition coefficient (Wildman–Crippen LogP) is 2.52. The SMILES string of the molecule is CCCCN1CC(C(=O)Nc2ccc(C(=O)N3CC(C)OC(C)C3)cc2)CC1=O. The van der Waals surface area contributed by atoms with Gasteiger partial charge in [0.2, 0.25) is 11.8 Å². The summed E-state index contributed by atoms with van der Waals surface area (Å²) in [5, 5.41) is 2.88. The van der Waals surface area contributed by atoms with Crippen molar-refractivity contribution in [2.24, 2.45) is 5.92 Å². The first-order chi connectivity index (χ1) is 13.9. The highest BCUT2D eigenvalue weighted by atomic mass is 16.5. The summed E-state index contributed by atoms with van der Waals surface area (Å²) in [6, 6.07) is 6.94. The van der Waals surface area contributed by atoms with Crippen LogP contribution < -0.4 is 5.32 Å². The average molecular weight is 402 g/mol. The fourth-order valence-corrected chi connectivity index (χ4v) is 3.98. The number of morpholine rings is 1. The lowest BCUT2D eigenvalue weighted by Gasteiger charge is -2.35. The molecule has 29 heavy (non-hydrogen) atoms. The summed E-state index contributed by atoms with van der Waals surface area (Å²) in [7, 11) is 0. The van der Waals surface area contributed by atoms with Crippen molar-refractivity contribution in [2.45, 2.75) is 52.2 Å². The Bertz CT molecular complexity index is 739. The summed E-state index contributed by atoms with van der Waals surface area (Å²) in [5.41, 5.74) is 1.22. The summed E-state index contributed by atoms with van der Waals surface area (Å²) in [4.78, 5) is 40.9. The number of anilines is 1. The molecular formula is C22H31N3O4. The Hall–Kier alpha value is -2.41. The highest BCUT2D eigenvalue weighted by Gasteiger charge is 2.34. The molecule has 0 spiro atoms. The molecule has 1 aromatic rings. The number of unbranched alkanes of at least 4 members (excludes halogenated alkanes) is 1. The largest absolute Gasteiger partial charge is 0.372 e. The zero-order valence-corrected chi connectivity index (χ0v) is 17.5. The minimum Gasteiger partial charge on any atom is -0.372 e. The Morgan fingerprint density at radius 1 is 1.10 bits per heavy atom. The average Bonchev–Trinajstić information content (AvgIpc) is 3.06. The van der Waals surface area contributed by atoms with E-state index in [2.05, 4.69) is 12.2 Å². The second-order valence-corrected chi connectivity index (χ2v) is 8.13. The van der Waals surface area contributed by atoms with Crippen molar-refractivity contribution < 1.29 is 19.1 Å².